The number of nitrogens with zero attached hydrogens (tertiary/aromatic N) is 2. The number of fused-ring (bicyclic) bond motifs is 2. The first-order chi connectivity index (χ1) is 13.3. The van der Waals surface area contributed by atoms with Crippen LogP contribution in [0.4, 0.5) is 11.4 Å². The summed E-state index contributed by atoms with van der Waals surface area (Å²) in [6, 6.07) is 6.60. The Labute approximate surface area is 168 Å². The lowest BCUT2D eigenvalue weighted by atomic mass is 10.2. The van der Waals surface area contributed by atoms with Crippen molar-refractivity contribution in [1.82, 2.24) is 4.90 Å². The van der Waals surface area contributed by atoms with E-state index in [1.54, 1.807) is 4.90 Å². The first kappa shape index (κ1) is 21.0. The molecule has 2 unspecified atom stereocenters. The molecule has 2 aliphatic heterocycles. The fraction of sp³-hybridized carbons (Fsp3) is 0.600. The molecule has 7 nitrogen and oxygen atoms in total. The molecule has 8 heteroatoms. The molecule has 2 heterocycles. The van der Waals surface area contributed by atoms with Gasteiger partial charge in [0, 0.05) is 6.54 Å². The van der Waals surface area contributed by atoms with Gasteiger partial charge in [-0.05, 0) is 59.6 Å². The summed E-state index contributed by atoms with van der Waals surface area (Å²) in [6.45, 7) is 10.3. The monoisotopic (exact) mass is 407 g/mol. The van der Waals surface area contributed by atoms with E-state index < -0.39 is 20.6 Å². The van der Waals surface area contributed by atoms with Gasteiger partial charge in [0.15, 0.2) is 0 Å². The Hall–Kier alpha value is -1.69. The van der Waals surface area contributed by atoms with E-state index in [0.717, 1.165) is 12.1 Å². The van der Waals surface area contributed by atoms with Gasteiger partial charge >= 0.3 is 0 Å². The zero-order valence-electron chi connectivity index (χ0n) is 17.2. The number of anilines is 2. The molecule has 2 atom stereocenters. The van der Waals surface area contributed by atoms with Crippen LogP contribution in [0, 0.1) is 0 Å². The molecule has 3 rings (SSSR count). The standard InChI is InChI=1S/C20H30N3O4P/c1-13(2)26-28(27-14(3)4)23-15(5)20(25)22-12-8-11-18(22)19(24)21-16-9-6-7-10-17(16)23/h6-7,9-10,13-15,18H,8,11-12H2,1-5H3,(H,21,24). The summed E-state index contributed by atoms with van der Waals surface area (Å²) in [4.78, 5) is 28.0. The molecule has 0 aliphatic carbocycles. The van der Waals surface area contributed by atoms with Crippen LogP contribution in [0.1, 0.15) is 47.5 Å². The van der Waals surface area contributed by atoms with Crippen molar-refractivity contribution in [2.45, 2.75) is 71.8 Å². The lowest BCUT2D eigenvalue weighted by Gasteiger charge is -2.38. The molecule has 28 heavy (non-hydrogen) atoms. The summed E-state index contributed by atoms with van der Waals surface area (Å²) >= 11 is 0. The van der Waals surface area contributed by atoms with E-state index in [0.29, 0.717) is 18.7 Å². The number of carbonyl (C=O) groups excluding carboxylic acids is 2. The number of amides is 2. The molecular formula is C20H30N3O4P. The summed E-state index contributed by atoms with van der Waals surface area (Å²) < 4.78 is 14.2. The molecule has 1 N–H and O–H groups in total. The van der Waals surface area contributed by atoms with E-state index in [-0.39, 0.29) is 24.0 Å². The molecule has 0 bridgehead atoms. The third-order valence-corrected chi connectivity index (χ3v) is 6.87. The molecule has 2 aliphatic rings. The van der Waals surface area contributed by atoms with Crippen LogP contribution in [0.25, 0.3) is 0 Å². The van der Waals surface area contributed by atoms with Crippen LogP contribution in [-0.2, 0) is 18.6 Å². The summed E-state index contributed by atoms with van der Waals surface area (Å²) in [5, 5.41) is 3.03. The maximum atomic E-state index is 13.4. The summed E-state index contributed by atoms with van der Waals surface area (Å²) in [5.74, 6) is -0.201. The third kappa shape index (κ3) is 4.32. The molecule has 0 spiro atoms. The Kier molecular flexibility index (Phi) is 6.58. The number of rotatable bonds is 5. The highest BCUT2D eigenvalue weighted by molar-refractivity contribution is 7.49. The fourth-order valence-electron chi connectivity index (χ4n) is 3.57. The minimum absolute atomic E-state index is 0.0680. The van der Waals surface area contributed by atoms with E-state index in [4.69, 9.17) is 9.05 Å². The smallest absolute Gasteiger partial charge is 0.291 e. The highest BCUT2D eigenvalue weighted by Gasteiger charge is 2.42. The van der Waals surface area contributed by atoms with Crippen LogP contribution in [0.15, 0.2) is 24.3 Å². The largest absolute Gasteiger partial charge is 0.329 e. The Morgan fingerprint density at radius 1 is 1.11 bits per heavy atom. The molecule has 154 valence electrons. The molecule has 1 saturated heterocycles. The molecule has 0 aromatic heterocycles. The van der Waals surface area contributed by atoms with Gasteiger partial charge in [0.2, 0.25) is 11.8 Å². The van der Waals surface area contributed by atoms with Crippen molar-refractivity contribution in [1.29, 1.82) is 0 Å². The van der Waals surface area contributed by atoms with Gasteiger partial charge in [-0.2, -0.15) is 0 Å². The fourth-order valence-corrected chi connectivity index (χ4v) is 5.27. The van der Waals surface area contributed by atoms with Crippen LogP contribution in [0.5, 0.6) is 0 Å². The minimum Gasteiger partial charge on any atom is -0.329 e. The topological polar surface area (TPSA) is 71.1 Å². The maximum Gasteiger partial charge on any atom is 0.291 e. The second-order valence-corrected chi connectivity index (χ2v) is 9.09. The number of para-hydroxylation sites is 2. The Morgan fingerprint density at radius 2 is 1.75 bits per heavy atom. The van der Waals surface area contributed by atoms with Crippen LogP contribution >= 0.6 is 8.53 Å². The van der Waals surface area contributed by atoms with Crippen molar-refractivity contribution >= 4 is 31.7 Å². The average molecular weight is 407 g/mol. The van der Waals surface area contributed by atoms with Gasteiger partial charge < -0.3 is 19.3 Å². The van der Waals surface area contributed by atoms with E-state index in [1.807, 2.05) is 63.6 Å². The first-order valence-corrected chi connectivity index (χ1v) is 11.1. The highest BCUT2D eigenvalue weighted by Crippen LogP contribution is 2.51. The van der Waals surface area contributed by atoms with Crippen molar-refractivity contribution in [2.75, 3.05) is 16.5 Å². The Balaban J connectivity index is 2.10. The van der Waals surface area contributed by atoms with Gasteiger partial charge in [-0.15, -0.1) is 0 Å². The zero-order chi connectivity index (χ0) is 20.4. The molecule has 0 saturated carbocycles. The summed E-state index contributed by atoms with van der Waals surface area (Å²) in [6.07, 6.45) is 1.38. The van der Waals surface area contributed by atoms with Crippen LogP contribution in [0.2, 0.25) is 0 Å². The first-order valence-electron chi connectivity index (χ1n) is 9.92. The van der Waals surface area contributed by atoms with E-state index in [1.165, 1.54) is 0 Å². The van der Waals surface area contributed by atoms with Crippen LogP contribution in [0.3, 0.4) is 0 Å². The van der Waals surface area contributed by atoms with Crippen molar-refractivity contribution in [3.05, 3.63) is 24.3 Å². The Bertz CT molecular complexity index is 717. The predicted molar refractivity (Wildman–Crippen MR) is 111 cm³/mol. The van der Waals surface area contributed by atoms with Crippen molar-refractivity contribution in [2.24, 2.45) is 0 Å². The zero-order valence-corrected chi connectivity index (χ0v) is 18.1. The van der Waals surface area contributed by atoms with Crippen molar-refractivity contribution < 1.29 is 18.6 Å². The predicted octanol–water partition coefficient (Wildman–Crippen LogP) is 3.90. The summed E-state index contributed by atoms with van der Waals surface area (Å²) in [5.41, 5.74) is 1.42. The van der Waals surface area contributed by atoms with Gasteiger partial charge in [-0.1, -0.05) is 12.1 Å². The van der Waals surface area contributed by atoms with Crippen LogP contribution < -0.4 is 9.99 Å². The number of benzene rings is 1. The van der Waals surface area contributed by atoms with Crippen molar-refractivity contribution in [3.63, 3.8) is 0 Å². The number of carbonyl (C=O) groups is 2. The molecule has 1 aromatic carbocycles. The van der Waals surface area contributed by atoms with E-state index in [9.17, 15) is 9.59 Å². The molecule has 2 amide bonds. The number of hydrogen-bond donors (Lipinski definition) is 1. The SMILES string of the molecule is CC(C)OP(OC(C)C)N1c2ccccc2NC(=O)C2CCCN2C(=O)C1C. The molecule has 0 radical (unpaired) electrons. The quantitative estimate of drug-likeness (QED) is 0.750. The normalized spacial score (nSPS) is 22.9. The van der Waals surface area contributed by atoms with Crippen molar-refractivity contribution in [3.8, 4) is 0 Å². The number of nitrogens with one attached hydrogen (secondary N) is 1. The van der Waals surface area contributed by atoms with Crippen LogP contribution in [-0.4, -0.2) is 47.6 Å². The second kappa shape index (κ2) is 8.76. The van der Waals surface area contributed by atoms with Gasteiger partial charge in [0.1, 0.15) is 12.1 Å². The maximum absolute atomic E-state index is 13.4. The van der Waals surface area contributed by atoms with E-state index >= 15 is 0 Å². The van der Waals surface area contributed by atoms with Gasteiger partial charge in [-0.25, -0.2) is 0 Å². The molecule has 1 fully saturated rings. The lowest BCUT2D eigenvalue weighted by Crippen LogP contribution is -2.49. The average Bonchev–Trinajstić information content (AvgIpc) is 3.11. The third-order valence-electron chi connectivity index (χ3n) is 4.75. The van der Waals surface area contributed by atoms with Gasteiger partial charge in [-0.3, -0.25) is 14.3 Å². The summed E-state index contributed by atoms with van der Waals surface area (Å²) in [7, 11) is -1.55. The van der Waals surface area contributed by atoms with Gasteiger partial charge in [0.05, 0.1) is 23.6 Å². The molecular weight excluding hydrogens is 377 g/mol. The minimum atomic E-state index is -1.55. The Morgan fingerprint density at radius 3 is 2.39 bits per heavy atom. The number of hydrogen-bond acceptors (Lipinski definition) is 5. The second-order valence-electron chi connectivity index (χ2n) is 7.76. The van der Waals surface area contributed by atoms with E-state index in [2.05, 4.69) is 5.32 Å². The van der Waals surface area contributed by atoms with Gasteiger partial charge in [0.25, 0.3) is 8.53 Å². The lowest BCUT2D eigenvalue weighted by molar-refractivity contribution is -0.137. The molecule has 1 aromatic rings. The highest BCUT2D eigenvalue weighted by atomic mass is 31.2.